The zero-order chi connectivity index (χ0) is 12.0. The number of hydrogen-bond donors (Lipinski definition) is 1. The molecule has 2 atom stereocenters. The average molecular weight is 244 g/mol. The van der Waals surface area contributed by atoms with Gasteiger partial charge >= 0.3 is 0 Å². The Labute approximate surface area is 99.8 Å². The van der Waals surface area contributed by atoms with E-state index in [1.165, 1.54) is 6.07 Å². The second-order valence-electron chi connectivity index (χ2n) is 3.60. The summed E-state index contributed by atoms with van der Waals surface area (Å²) in [5, 5.41) is 9.43. The fourth-order valence-electron chi connectivity index (χ4n) is 1.09. The van der Waals surface area contributed by atoms with Gasteiger partial charge in [0, 0.05) is 11.0 Å². The van der Waals surface area contributed by atoms with Crippen LogP contribution in [-0.2, 0) is 0 Å². The number of hydrogen-bond acceptors (Lipinski definition) is 3. The first-order valence-corrected chi connectivity index (χ1v) is 6.33. The van der Waals surface area contributed by atoms with Crippen LogP contribution in [0.2, 0.25) is 0 Å². The van der Waals surface area contributed by atoms with Crippen molar-refractivity contribution in [3.63, 3.8) is 0 Å². The van der Waals surface area contributed by atoms with E-state index >= 15 is 0 Å². The molecular weight excluding hydrogens is 227 g/mol. The van der Waals surface area contributed by atoms with E-state index in [0.29, 0.717) is 6.61 Å². The minimum absolute atomic E-state index is 0.171. The molecule has 1 aromatic carbocycles. The monoisotopic (exact) mass is 244 g/mol. The summed E-state index contributed by atoms with van der Waals surface area (Å²) in [6.45, 7) is 4.16. The van der Waals surface area contributed by atoms with Gasteiger partial charge in [-0.2, -0.15) is 11.8 Å². The van der Waals surface area contributed by atoms with E-state index in [1.54, 1.807) is 36.9 Å². The highest BCUT2D eigenvalue weighted by Crippen LogP contribution is 2.17. The number of rotatable bonds is 6. The highest BCUT2D eigenvalue weighted by Gasteiger charge is 2.08. The van der Waals surface area contributed by atoms with Crippen LogP contribution in [0.1, 0.15) is 13.8 Å². The molecule has 0 aliphatic carbocycles. The van der Waals surface area contributed by atoms with Crippen molar-refractivity contribution in [2.24, 2.45) is 0 Å². The van der Waals surface area contributed by atoms with Gasteiger partial charge in [-0.3, -0.25) is 0 Å². The predicted octanol–water partition coefficient (Wildman–Crippen LogP) is 2.71. The first-order valence-electron chi connectivity index (χ1n) is 5.28. The van der Waals surface area contributed by atoms with Gasteiger partial charge in [-0.05, 0) is 19.1 Å². The molecule has 4 heteroatoms. The van der Waals surface area contributed by atoms with Crippen molar-refractivity contribution in [2.75, 3.05) is 12.4 Å². The summed E-state index contributed by atoms with van der Waals surface area (Å²) in [6, 6.07) is 6.36. The maximum Gasteiger partial charge on any atom is 0.165 e. The van der Waals surface area contributed by atoms with Gasteiger partial charge < -0.3 is 9.84 Å². The quantitative estimate of drug-likeness (QED) is 0.780. The van der Waals surface area contributed by atoms with Gasteiger partial charge in [0.1, 0.15) is 0 Å². The molecule has 0 radical (unpaired) electrons. The number of aliphatic hydroxyl groups excluding tert-OH is 1. The molecule has 1 aromatic rings. The maximum absolute atomic E-state index is 13.1. The third kappa shape index (κ3) is 4.41. The molecule has 0 aliphatic rings. The molecule has 0 spiro atoms. The van der Waals surface area contributed by atoms with Gasteiger partial charge in [0.15, 0.2) is 11.6 Å². The van der Waals surface area contributed by atoms with Gasteiger partial charge in [0.2, 0.25) is 0 Å². The Balaban J connectivity index is 2.24. The zero-order valence-electron chi connectivity index (χ0n) is 9.52. The second kappa shape index (κ2) is 6.76. The standard InChI is InChI=1S/C12H17FO2S/c1-9(14)10(2)16-8-7-15-12-6-4-3-5-11(12)13/h3-6,9-10,14H,7-8H2,1-2H3. The van der Waals surface area contributed by atoms with Crippen molar-refractivity contribution in [3.05, 3.63) is 30.1 Å². The van der Waals surface area contributed by atoms with Gasteiger partial charge in [0.05, 0.1) is 12.7 Å². The Bertz CT molecular complexity index is 318. The molecule has 0 aliphatic heterocycles. The molecule has 0 aromatic heterocycles. The number of para-hydroxylation sites is 1. The molecular formula is C12H17FO2S. The molecule has 90 valence electrons. The first kappa shape index (κ1) is 13.3. The fourth-order valence-corrected chi connectivity index (χ4v) is 1.92. The summed E-state index contributed by atoms with van der Waals surface area (Å²) in [5.41, 5.74) is 0. The molecule has 16 heavy (non-hydrogen) atoms. The van der Waals surface area contributed by atoms with Gasteiger partial charge in [-0.15, -0.1) is 0 Å². The summed E-state index contributed by atoms with van der Waals surface area (Å²) in [4.78, 5) is 0. The predicted molar refractivity (Wildman–Crippen MR) is 65.5 cm³/mol. The van der Waals surface area contributed by atoms with Gasteiger partial charge in [-0.25, -0.2) is 4.39 Å². The fraction of sp³-hybridized carbons (Fsp3) is 0.500. The van der Waals surface area contributed by atoms with Crippen LogP contribution >= 0.6 is 11.8 Å². The highest BCUT2D eigenvalue weighted by atomic mass is 32.2. The first-order chi connectivity index (χ1) is 7.61. The van der Waals surface area contributed by atoms with Crippen LogP contribution < -0.4 is 4.74 Å². The lowest BCUT2D eigenvalue weighted by Gasteiger charge is -2.14. The van der Waals surface area contributed by atoms with E-state index in [-0.39, 0.29) is 22.9 Å². The molecule has 2 unspecified atom stereocenters. The summed E-state index contributed by atoms with van der Waals surface area (Å²) in [6.07, 6.45) is -0.335. The molecule has 0 heterocycles. The average Bonchev–Trinajstić information content (AvgIpc) is 2.26. The molecule has 2 nitrogen and oxygen atoms in total. The summed E-state index contributed by atoms with van der Waals surface area (Å²) in [5.74, 6) is 0.685. The Morgan fingerprint density at radius 3 is 2.69 bits per heavy atom. The molecule has 0 amide bonds. The van der Waals surface area contributed by atoms with Crippen LogP contribution in [-0.4, -0.2) is 28.8 Å². The van der Waals surface area contributed by atoms with Crippen LogP contribution in [0.25, 0.3) is 0 Å². The Hall–Kier alpha value is -0.740. The molecule has 0 saturated carbocycles. The molecule has 0 bridgehead atoms. The second-order valence-corrected chi connectivity index (χ2v) is 5.08. The highest BCUT2D eigenvalue weighted by molar-refractivity contribution is 7.99. The molecule has 1 rings (SSSR count). The van der Waals surface area contributed by atoms with Gasteiger partial charge in [-0.1, -0.05) is 19.1 Å². The normalized spacial score (nSPS) is 14.5. The zero-order valence-corrected chi connectivity index (χ0v) is 10.3. The SMILES string of the molecule is CC(O)C(C)SCCOc1ccccc1F. The number of aliphatic hydroxyl groups is 1. The van der Waals surface area contributed by atoms with E-state index < -0.39 is 0 Å². The summed E-state index contributed by atoms with van der Waals surface area (Å²) < 4.78 is 18.4. The summed E-state index contributed by atoms with van der Waals surface area (Å²) in [7, 11) is 0. The number of ether oxygens (including phenoxy) is 1. The molecule has 0 saturated heterocycles. The lowest BCUT2D eigenvalue weighted by Crippen LogP contribution is -2.17. The van der Waals surface area contributed by atoms with Crippen LogP contribution in [0, 0.1) is 5.82 Å². The van der Waals surface area contributed by atoms with Crippen molar-refractivity contribution in [1.82, 2.24) is 0 Å². The van der Waals surface area contributed by atoms with Crippen LogP contribution in [0.5, 0.6) is 5.75 Å². The van der Waals surface area contributed by atoms with Crippen molar-refractivity contribution >= 4 is 11.8 Å². The lowest BCUT2D eigenvalue weighted by atomic mass is 10.3. The number of halogens is 1. The number of benzene rings is 1. The minimum atomic E-state index is -0.337. The van der Waals surface area contributed by atoms with E-state index in [2.05, 4.69) is 0 Å². The van der Waals surface area contributed by atoms with E-state index in [0.717, 1.165) is 5.75 Å². The summed E-state index contributed by atoms with van der Waals surface area (Å²) >= 11 is 1.61. The maximum atomic E-state index is 13.1. The van der Waals surface area contributed by atoms with Crippen molar-refractivity contribution in [3.8, 4) is 5.75 Å². The van der Waals surface area contributed by atoms with E-state index in [4.69, 9.17) is 4.74 Å². The topological polar surface area (TPSA) is 29.5 Å². The largest absolute Gasteiger partial charge is 0.490 e. The van der Waals surface area contributed by atoms with Crippen LogP contribution in [0.4, 0.5) is 4.39 Å². The number of thioether (sulfide) groups is 1. The Morgan fingerprint density at radius 2 is 2.06 bits per heavy atom. The Morgan fingerprint density at radius 1 is 1.38 bits per heavy atom. The minimum Gasteiger partial charge on any atom is -0.490 e. The lowest BCUT2D eigenvalue weighted by molar-refractivity contribution is 0.196. The molecule has 0 fully saturated rings. The Kier molecular flexibility index (Phi) is 5.63. The third-order valence-electron chi connectivity index (χ3n) is 2.24. The van der Waals surface area contributed by atoms with E-state index in [9.17, 15) is 9.50 Å². The third-order valence-corrected chi connectivity index (χ3v) is 3.56. The molecule has 1 N–H and O–H groups in total. The van der Waals surface area contributed by atoms with Gasteiger partial charge in [0.25, 0.3) is 0 Å². The van der Waals surface area contributed by atoms with Crippen molar-refractivity contribution in [1.29, 1.82) is 0 Å². The van der Waals surface area contributed by atoms with Crippen molar-refractivity contribution < 1.29 is 14.2 Å². The van der Waals surface area contributed by atoms with E-state index in [1.807, 2.05) is 6.92 Å². The van der Waals surface area contributed by atoms with Crippen LogP contribution in [0.15, 0.2) is 24.3 Å². The van der Waals surface area contributed by atoms with Crippen LogP contribution in [0.3, 0.4) is 0 Å². The smallest absolute Gasteiger partial charge is 0.165 e. The van der Waals surface area contributed by atoms with Crippen molar-refractivity contribution in [2.45, 2.75) is 25.2 Å².